The van der Waals surface area contributed by atoms with E-state index >= 15 is 0 Å². The molecule has 1 fully saturated rings. The van der Waals surface area contributed by atoms with Gasteiger partial charge in [-0.15, -0.1) is 0 Å². The Morgan fingerprint density at radius 3 is 1.94 bits per heavy atom. The van der Waals surface area contributed by atoms with Gasteiger partial charge in [0.05, 0.1) is 0 Å². The highest BCUT2D eigenvalue weighted by Crippen LogP contribution is 2.28. The molecule has 2 N–H and O–H groups in total. The molecule has 4 heteroatoms. The van der Waals surface area contributed by atoms with Crippen LogP contribution in [0.1, 0.15) is 84.5 Å². The number of hydrogen-bond donors (Lipinski definition) is 1. The number of hydrogen-bond acceptors (Lipinski definition) is 2. The summed E-state index contributed by atoms with van der Waals surface area (Å²) in [5.41, 5.74) is 5.57. The molecule has 1 rings (SSSR count). The topological polar surface area (TPSA) is 63.4 Å². The maximum Gasteiger partial charge on any atom is 0.222 e. The normalized spacial score (nSPS) is 18.1. The van der Waals surface area contributed by atoms with Crippen LogP contribution in [0, 0.1) is 11.8 Å². The van der Waals surface area contributed by atoms with Gasteiger partial charge in [-0.25, -0.2) is 0 Å². The van der Waals surface area contributed by atoms with E-state index in [1.165, 1.54) is 0 Å². The molecule has 33 heavy (non-hydrogen) atoms. The summed E-state index contributed by atoms with van der Waals surface area (Å²) in [7, 11) is 0. The smallest absolute Gasteiger partial charge is 0.222 e. The molecule has 1 heterocycles. The molecule has 4 nitrogen and oxygen atoms in total. The molecule has 0 aromatic rings. The van der Waals surface area contributed by atoms with Gasteiger partial charge in [0.15, 0.2) is 0 Å². The van der Waals surface area contributed by atoms with Gasteiger partial charge in [-0.1, -0.05) is 81.0 Å². The second kappa shape index (κ2) is 19.1. The molecule has 2 atom stereocenters. The minimum Gasteiger partial charge on any atom is -0.369 e. The minimum absolute atomic E-state index is 0.0888. The first-order valence-corrected chi connectivity index (χ1v) is 12.9. The number of nitrogens with two attached hydrogens (primary N) is 1. The van der Waals surface area contributed by atoms with E-state index in [4.69, 9.17) is 5.73 Å². The molecule has 1 aliphatic rings. The van der Waals surface area contributed by atoms with Gasteiger partial charge in [0.25, 0.3) is 0 Å². The van der Waals surface area contributed by atoms with Crippen LogP contribution in [0.4, 0.5) is 0 Å². The van der Waals surface area contributed by atoms with E-state index in [1.807, 2.05) is 4.90 Å². The third kappa shape index (κ3) is 13.7. The Balaban J connectivity index is 2.09. The summed E-state index contributed by atoms with van der Waals surface area (Å²) >= 11 is 0. The molecule has 2 amide bonds. The zero-order valence-electron chi connectivity index (χ0n) is 21.0. The van der Waals surface area contributed by atoms with Crippen molar-refractivity contribution in [1.82, 2.24) is 4.90 Å². The highest BCUT2D eigenvalue weighted by Gasteiger charge is 2.33. The predicted octanol–water partition coefficient (Wildman–Crippen LogP) is 6.66. The van der Waals surface area contributed by atoms with Gasteiger partial charge in [0, 0.05) is 25.4 Å². The van der Waals surface area contributed by atoms with E-state index in [0.29, 0.717) is 13.0 Å². The fraction of sp³-hybridized carbons (Fsp3) is 0.586. The Kier molecular flexibility index (Phi) is 16.6. The number of unbranched alkanes of at least 4 members (excludes halogenated alkanes) is 1. The quantitative estimate of drug-likeness (QED) is 0.197. The average Bonchev–Trinajstić information content (AvgIpc) is 3.29. The summed E-state index contributed by atoms with van der Waals surface area (Å²) in [4.78, 5) is 26.1. The van der Waals surface area contributed by atoms with Gasteiger partial charge < -0.3 is 10.6 Å². The molecule has 184 valence electrons. The third-order valence-electron chi connectivity index (χ3n) is 6.03. The van der Waals surface area contributed by atoms with Gasteiger partial charge in [-0.05, 0) is 63.7 Å². The third-order valence-corrected chi connectivity index (χ3v) is 6.03. The number of nitrogens with zero attached hydrogens (tertiary/aromatic N) is 1. The van der Waals surface area contributed by atoms with Crippen molar-refractivity contribution in [1.29, 1.82) is 0 Å². The van der Waals surface area contributed by atoms with Crippen molar-refractivity contribution in [2.45, 2.75) is 84.5 Å². The van der Waals surface area contributed by atoms with Gasteiger partial charge >= 0.3 is 0 Å². The van der Waals surface area contributed by atoms with E-state index in [1.54, 1.807) is 0 Å². The molecular weight excluding hydrogens is 408 g/mol. The van der Waals surface area contributed by atoms with Gasteiger partial charge in [0.1, 0.15) is 0 Å². The first-order chi connectivity index (χ1) is 16.1. The molecular formula is C29H46N2O2. The Bertz CT molecular complexity index is 688. The lowest BCUT2D eigenvalue weighted by atomic mass is 9.87. The summed E-state index contributed by atoms with van der Waals surface area (Å²) in [6.45, 7) is 5.67. The monoisotopic (exact) mass is 454 g/mol. The molecule has 0 aromatic heterocycles. The number of carbonyl (C=O) groups excluding carboxylic acids is 2. The number of carbonyl (C=O) groups is 2. The molecule has 0 radical (unpaired) electrons. The summed E-state index contributed by atoms with van der Waals surface area (Å²) in [5.74, 6) is 0.144. The Morgan fingerprint density at radius 1 is 0.879 bits per heavy atom. The molecule has 1 unspecified atom stereocenters. The highest BCUT2D eigenvalue weighted by molar-refractivity contribution is 5.78. The SMILES string of the molecule is CC/C=C\C/C=C\C/C=C\C/C=C\C/C=C\CCCC(=O)N1CC[C@H](C(CCC)C(N)=O)C1. The Hall–Kier alpha value is -2.36. The van der Waals surface area contributed by atoms with Crippen molar-refractivity contribution in [3.8, 4) is 0 Å². The number of rotatable bonds is 17. The molecule has 0 aliphatic carbocycles. The second-order valence-corrected chi connectivity index (χ2v) is 8.79. The minimum atomic E-state index is -0.213. The largest absolute Gasteiger partial charge is 0.369 e. The van der Waals surface area contributed by atoms with Crippen LogP contribution >= 0.6 is 0 Å². The van der Waals surface area contributed by atoms with Crippen molar-refractivity contribution < 1.29 is 9.59 Å². The fourth-order valence-electron chi connectivity index (χ4n) is 4.16. The van der Waals surface area contributed by atoms with E-state index in [-0.39, 0.29) is 23.7 Å². The maximum atomic E-state index is 12.5. The Labute approximate surface area is 202 Å². The lowest BCUT2D eigenvalue weighted by Crippen LogP contribution is -2.33. The van der Waals surface area contributed by atoms with Crippen LogP contribution in [0.15, 0.2) is 60.8 Å². The zero-order chi connectivity index (χ0) is 24.2. The van der Waals surface area contributed by atoms with Crippen LogP contribution in [0.5, 0.6) is 0 Å². The van der Waals surface area contributed by atoms with E-state index in [0.717, 1.165) is 70.8 Å². The molecule has 1 saturated heterocycles. The van der Waals surface area contributed by atoms with E-state index < -0.39 is 0 Å². The van der Waals surface area contributed by atoms with Crippen LogP contribution in [-0.4, -0.2) is 29.8 Å². The number of allylic oxidation sites excluding steroid dienone is 10. The zero-order valence-corrected chi connectivity index (χ0v) is 21.0. The summed E-state index contributed by atoms with van der Waals surface area (Å²) < 4.78 is 0. The van der Waals surface area contributed by atoms with Crippen molar-refractivity contribution in [2.75, 3.05) is 13.1 Å². The fourth-order valence-corrected chi connectivity index (χ4v) is 4.16. The lowest BCUT2D eigenvalue weighted by molar-refractivity contribution is -0.131. The number of primary amides is 1. The van der Waals surface area contributed by atoms with Crippen LogP contribution in [0.25, 0.3) is 0 Å². The number of amides is 2. The maximum absolute atomic E-state index is 12.5. The van der Waals surface area contributed by atoms with E-state index in [2.05, 4.69) is 74.6 Å². The van der Waals surface area contributed by atoms with Gasteiger partial charge in [-0.3, -0.25) is 9.59 Å². The van der Waals surface area contributed by atoms with Crippen LogP contribution in [-0.2, 0) is 9.59 Å². The molecule has 0 aromatic carbocycles. The predicted molar refractivity (Wildman–Crippen MR) is 141 cm³/mol. The summed E-state index contributed by atoms with van der Waals surface area (Å²) in [6.07, 6.45) is 32.0. The summed E-state index contributed by atoms with van der Waals surface area (Å²) in [5, 5.41) is 0. The van der Waals surface area contributed by atoms with Crippen LogP contribution in [0.2, 0.25) is 0 Å². The van der Waals surface area contributed by atoms with Gasteiger partial charge in [-0.2, -0.15) is 0 Å². The number of likely N-dealkylation sites (tertiary alicyclic amines) is 1. The first-order valence-electron chi connectivity index (χ1n) is 12.9. The van der Waals surface area contributed by atoms with Crippen molar-refractivity contribution >= 4 is 11.8 Å². The standard InChI is InChI=1S/C29H46N2O2/c1-3-5-6-7-8-9-10-11-12-13-14-15-16-17-18-19-20-22-28(32)31-24-23-26(25-31)27(21-4-2)29(30)33/h5-6,8-9,11-12,14-15,17-18,26-27H,3-4,7,10,13,16,19-25H2,1-2H3,(H2,30,33)/b6-5-,9-8-,12-11-,15-14-,18-17-/t26-,27?/m0/s1. The summed E-state index contributed by atoms with van der Waals surface area (Å²) in [6, 6.07) is 0. The Morgan fingerprint density at radius 2 is 1.42 bits per heavy atom. The molecule has 0 bridgehead atoms. The van der Waals surface area contributed by atoms with Crippen molar-refractivity contribution in [3.05, 3.63) is 60.8 Å². The first kappa shape index (κ1) is 28.7. The highest BCUT2D eigenvalue weighted by atomic mass is 16.2. The second-order valence-electron chi connectivity index (χ2n) is 8.79. The molecule has 0 spiro atoms. The van der Waals surface area contributed by atoms with Crippen LogP contribution in [0.3, 0.4) is 0 Å². The van der Waals surface area contributed by atoms with Crippen LogP contribution < -0.4 is 5.73 Å². The van der Waals surface area contributed by atoms with E-state index in [9.17, 15) is 9.59 Å². The van der Waals surface area contributed by atoms with Gasteiger partial charge in [0.2, 0.25) is 11.8 Å². The average molecular weight is 455 g/mol. The van der Waals surface area contributed by atoms with Crippen molar-refractivity contribution in [2.24, 2.45) is 17.6 Å². The molecule has 0 saturated carbocycles. The lowest BCUT2D eigenvalue weighted by Gasteiger charge is -2.21. The molecule has 1 aliphatic heterocycles. The van der Waals surface area contributed by atoms with Crippen molar-refractivity contribution in [3.63, 3.8) is 0 Å².